The number of ether oxygens (including phenoxy) is 3. The van der Waals surface area contributed by atoms with E-state index in [1.807, 2.05) is 58.3 Å². The summed E-state index contributed by atoms with van der Waals surface area (Å²) in [4.78, 5) is 30.5. The van der Waals surface area contributed by atoms with Crippen molar-refractivity contribution in [2.24, 2.45) is 10.2 Å². The minimum absolute atomic E-state index is 0.0644. The molecule has 0 atom stereocenters. The van der Waals surface area contributed by atoms with Gasteiger partial charge in [0.2, 0.25) is 0 Å². The third-order valence-corrected chi connectivity index (χ3v) is 13.0. The van der Waals surface area contributed by atoms with E-state index in [2.05, 4.69) is 121 Å². The molecule has 0 radical (unpaired) electrons. The van der Waals surface area contributed by atoms with E-state index in [1.54, 1.807) is 12.1 Å². The SMILES string of the molecule is COc1c(Br)cc(/C=N\NC(=O)CN(CCCCOCCCCN(CC(=O)N/N=C\c2cc(Br)c(OC)c(Br)c2O)c2ccc3ccccc3c2)c2ccc3ccccc3c2)c(O)c1Br. The van der Waals surface area contributed by atoms with E-state index in [4.69, 9.17) is 14.2 Å². The lowest BCUT2D eigenvalue weighted by molar-refractivity contribution is -0.120. The van der Waals surface area contributed by atoms with Crippen molar-refractivity contribution in [3.8, 4) is 23.0 Å². The zero-order chi connectivity index (χ0) is 46.3. The second-order valence-electron chi connectivity index (χ2n) is 14.8. The van der Waals surface area contributed by atoms with E-state index in [-0.39, 0.29) is 36.4 Å². The zero-order valence-corrected chi connectivity index (χ0v) is 42.0. The number of anilines is 2. The van der Waals surface area contributed by atoms with Crippen LogP contribution in [0.1, 0.15) is 36.8 Å². The van der Waals surface area contributed by atoms with Crippen LogP contribution in [-0.4, -0.2) is 88.1 Å². The van der Waals surface area contributed by atoms with Crippen molar-refractivity contribution in [3.63, 3.8) is 0 Å². The number of phenolic OH excluding ortho intramolecular Hbond substituents is 2. The quantitative estimate of drug-likeness (QED) is 0.0295. The predicted molar refractivity (Wildman–Crippen MR) is 273 cm³/mol. The molecule has 0 bridgehead atoms. The molecule has 0 aliphatic rings. The van der Waals surface area contributed by atoms with Gasteiger partial charge in [0.05, 0.1) is 48.7 Å². The Bertz CT molecular complexity index is 2500. The Balaban J connectivity index is 0.995. The normalized spacial score (nSPS) is 11.4. The van der Waals surface area contributed by atoms with E-state index in [0.717, 1.165) is 58.6 Å². The molecule has 0 saturated carbocycles. The summed E-state index contributed by atoms with van der Waals surface area (Å²) >= 11 is 13.5. The average molecular weight is 1140 g/mol. The number of benzene rings is 6. The van der Waals surface area contributed by atoms with E-state index < -0.39 is 0 Å². The van der Waals surface area contributed by atoms with E-state index in [1.165, 1.54) is 26.6 Å². The minimum atomic E-state index is -0.310. The van der Waals surface area contributed by atoms with E-state index in [0.29, 0.717) is 66.8 Å². The predicted octanol–water partition coefficient (Wildman–Crippen LogP) is 10.7. The summed E-state index contributed by atoms with van der Waals surface area (Å²) in [5.74, 6) is 0.140. The van der Waals surface area contributed by atoms with Gasteiger partial charge >= 0.3 is 0 Å². The van der Waals surface area contributed by atoms with Gasteiger partial charge in [0.25, 0.3) is 11.8 Å². The topological polar surface area (TPSA) is 158 Å². The lowest BCUT2D eigenvalue weighted by atomic mass is 10.1. The number of hydrogen-bond acceptors (Lipinski definition) is 11. The Hall–Kier alpha value is -5.20. The molecule has 0 saturated heterocycles. The highest BCUT2D eigenvalue weighted by Gasteiger charge is 2.18. The van der Waals surface area contributed by atoms with Gasteiger partial charge < -0.3 is 34.2 Å². The maximum absolute atomic E-state index is 13.2. The fourth-order valence-corrected chi connectivity index (χ4v) is 9.97. The molecule has 13 nitrogen and oxygen atoms in total. The number of hydrazone groups is 2. The van der Waals surface area contributed by atoms with Gasteiger partial charge in [0, 0.05) is 48.8 Å². The number of carbonyl (C=O) groups excluding carboxylic acids is 2. The number of unbranched alkanes of at least 4 members (excludes halogenated alkanes) is 2. The zero-order valence-electron chi connectivity index (χ0n) is 35.7. The van der Waals surface area contributed by atoms with Crippen LogP contribution in [0.5, 0.6) is 23.0 Å². The first kappa shape index (κ1) is 49.2. The molecular weight excluding hydrogens is 1090 g/mol. The molecule has 2 amide bonds. The minimum Gasteiger partial charge on any atom is -0.506 e. The van der Waals surface area contributed by atoms with Crippen molar-refractivity contribution in [1.82, 2.24) is 10.9 Å². The molecule has 6 aromatic carbocycles. The largest absolute Gasteiger partial charge is 0.506 e. The molecule has 4 N–H and O–H groups in total. The van der Waals surface area contributed by atoms with Crippen LogP contribution in [0.25, 0.3) is 21.5 Å². The molecular formula is C48H48Br4N6O7. The number of carbonyl (C=O) groups is 2. The van der Waals surface area contributed by atoms with Crippen molar-refractivity contribution in [3.05, 3.63) is 126 Å². The number of aromatic hydroxyl groups is 2. The van der Waals surface area contributed by atoms with Gasteiger partial charge in [-0.2, -0.15) is 10.2 Å². The van der Waals surface area contributed by atoms with Crippen molar-refractivity contribution in [1.29, 1.82) is 0 Å². The molecule has 6 aromatic rings. The Morgan fingerprint density at radius 2 is 0.985 bits per heavy atom. The van der Waals surface area contributed by atoms with Gasteiger partial charge in [-0.05, 0) is 147 Å². The van der Waals surface area contributed by atoms with Crippen LogP contribution in [0.4, 0.5) is 11.4 Å². The summed E-state index contributed by atoms with van der Waals surface area (Å²) in [6.45, 7) is 2.48. The summed E-state index contributed by atoms with van der Waals surface area (Å²) in [6, 6.07) is 31.8. The lowest BCUT2D eigenvalue weighted by Gasteiger charge is -2.24. The molecule has 0 spiro atoms. The van der Waals surface area contributed by atoms with Gasteiger partial charge in [-0.1, -0.05) is 60.7 Å². The van der Waals surface area contributed by atoms with Crippen molar-refractivity contribution in [2.75, 3.05) is 63.4 Å². The average Bonchev–Trinajstić information content (AvgIpc) is 3.30. The number of phenols is 2. The van der Waals surface area contributed by atoms with E-state index >= 15 is 0 Å². The lowest BCUT2D eigenvalue weighted by Crippen LogP contribution is -2.36. The smallest absolute Gasteiger partial charge is 0.259 e. The second-order valence-corrected chi connectivity index (χ2v) is 18.1. The van der Waals surface area contributed by atoms with Crippen molar-refractivity contribution in [2.45, 2.75) is 25.7 Å². The molecule has 340 valence electrons. The first-order valence-electron chi connectivity index (χ1n) is 20.7. The fourth-order valence-electron chi connectivity index (χ4n) is 7.02. The van der Waals surface area contributed by atoms with Crippen molar-refractivity contribution < 1.29 is 34.0 Å². The molecule has 6 rings (SSSR count). The van der Waals surface area contributed by atoms with Crippen LogP contribution in [-0.2, 0) is 14.3 Å². The second kappa shape index (κ2) is 24.4. The number of amides is 2. The Morgan fingerprint density at radius 3 is 1.38 bits per heavy atom. The van der Waals surface area contributed by atoms with Gasteiger partial charge in [-0.25, -0.2) is 10.9 Å². The molecule has 0 aliphatic carbocycles. The van der Waals surface area contributed by atoms with Crippen LogP contribution < -0.4 is 30.1 Å². The summed E-state index contributed by atoms with van der Waals surface area (Å²) in [6.07, 6.45) is 5.90. The fraction of sp³-hybridized carbons (Fsp3) is 0.250. The third-order valence-electron chi connectivity index (χ3n) is 10.4. The Kier molecular flexibility index (Phi) is 18.5. The van der Waals surface area contributed by atoms with Crippen LogP contribution in [0.15, 0.2) is 125 Å². The highest BCUT2D eigenvalue weighted by molar-refractivity contribution is 9.11. The standard InChI is InChI=1S/C48H48Br4N6O7/c1-63-47-39(49)25-35(45(61)43(47)51)27-53-55-41(59)29-57(37-17-15-31-11-3-5-13-33(31)23-37)19-7-9-21-65-22-10-8-20-58(38-18-16-32-12-4-6-14-34(32)24-38)30-42(60)56-54-28-36-26-40(50)48(64-2)44(52)46(36)62/h3-6,11-18,23-28,61-62H,7-10,19-22,29-30H2,1-2H3,(H,55,59)(H,56,60)/b53-27-,54-28-. The number of nitrogens with one attached hydrogen (secondary N) is 2. The number of halogens is 4. The number of nitrogens with zero attached hydrogens (tertiary/aromatic N) is 4. The number of rotatable bonds is 22. The Labute approximate surface area is 411 Å². The van der Waals surface area contributed by atoms with Gasteiger partial charge in [0.15, 0.2) is 11.5 Å². The first-order valence-corrected chi connectivity index (χ1v) is 23.8. The van der Waals surface area contributed by atoms with Crippen LogP contribution >= 0.6 is 63.7 Å². The maximum atomic E-state index is 13.2. The summed E-state index contributed by atoms with van der Waals surface area (Å²) in [5.41, 5.74) is 7.80. The number of fused-ring (bicyclic) bond motifs is 2. The first-order chi connectivity index (χ1) is 31.5. The monoisotopic (exact) mass is 1140 g/mol. The maximum Gasteiger partial charge on any atom is 0.259 e. The van der Waals surface area contributed by atoms with Crippen LogP contribution in [0, 0.1) is 0 Å². The number of methoxy groups -OCH3 is 2. The molecule has 65 heavy (non-hydrogen) atoms. The molecule has 0 aromatic heterocycles. The van der Waals surface area contributed by atoms with Crippen LogP contribution in [0.3, 0.4) is 0 Å². The third kappa shape index (κ3) is 13.4. The number of hydrogen-bond donors (Lipinski definition) is 4. The summed E-state index contributed by atoms with van der Waals surface area (Å²) in [7, 11) is 3.00. The molecule has 0 aliphatic heterocycles. The van der Waals surface area contributed by atoms with Crippen molar-refractivity contribution >= 4 is 121 Å². The molecule has 17 heteroatoms. The van der Waals surface area contributed by atoms with Gasteiger partial charge in [0.1, 0.15) is 20.4 Å². The highest BCUT2D eigenvalue weighted by atomic mass is 79.9. The highest BCUT2D eigenvalue weighted by Crippen LogP contribution is 2.42. The van der Waals surface area contributed by atoms with Gasteiger partial charge in [-0.15, -0.1) is 0 Å². The van der Waals surface area contributed by atoms with Crippen LogP contribution in [0.2, 0.25) is 0 Å². The molecule has 0 unspecified atom stereocenters. The summed E-state index contributed by atoms with van der Waals surface area (Å²) in [5, 5.41) is 33.8. The molecule has 0 fully saturated rings. The Morgan fingerprint density at radius 1 is 0.585 bits per heavy atom. The van der Waals surface area contributed by atoms with Gasteiger partial charge in [-0.3, -0.25) is 9.59 Å². The summed E-state index contributed by atoms with van der Waals surface area (Å²) < 4.78 is 18.6. The molecule has 0 heterocycles. The van der Waals surface area contributed by atoms with E-state index in [9.17, 15) is 19.8 Å².